The Kier molecular flexibility index (Phi) is 4.61. The normalized spacial score (nSPS) is 28.2. The molecule has 1 heterocycles. The van der Waals surface area contributed by atoms with E-state index in [0.29, 0.717) is 6.04 Å². The molecule has 0 aliphatic carbocycles. The number of nitrogens with two attached hydrogens (primary N) is 1. The molecule has 1 fully saturated rings. The zero-order chi connectivity index (χ0) is 13.9. The predicted octanol–water partition coefficient (Wildman–Crippen LogP) is 1.58. The highest BCUT2D eigenvalue weighted by molar-refractivity contribution is 5.15. The van der Waals surface area contributed by atoms with Crippen molar-refractivity contribution in [2.45, 2.75) is 31.3 Å². The number of benzene rings is 1. The summed E-state index contributed by atoms with van der Waals surface area (Å²) in [6.45, 7) is 5.19. The maximum Gasteiger partial charge on any atom is 0.0470 e. The van der Waals surface area contributed by atoms with E-state index in [9.17, 15) is 0 Å². The average molecular weight is 261 g/mol. The van der Waals surface area contributed by atoms with Crippen molar-refractivity contribution in [2.75, 3.05) is 33.7 Å². The number of hydrogen-bond acceptors (Lipinski definition) is 3. The van der Waals surface area contributed by atoms with Crippen LogP contribution in [0.3, 0.4) is 0 Å². The molecule has 2 unspecified atom stereocenters. The Morgan fingerprint density at radius 2 is 2.05 bits per heavy atom. The molecule has 0 saturated carbocycles. The third-order valence-corrected chi connectivity index (χ3v) is 4.74. The van der Waals surface area contributed by atoms with Gasteiger partial charge in [0.05, 0.1) is 0 Å². The minimum absolute atomic E-state index is 0.156. The minimum Gasteiger partial charge on any atom is -0.329 e. The van der Waals surface area contributed by atoms with Gasteiger partial charge in [-0.15, -0.1) is 0 Å². The monoisotopic (exact) mass is 261 g/mol. The van der Waals surface area contributed by atoms with Crippen LogP contribution in [-0.4, -0.2) is 55.1 Å². The molecular weight excluding hydrogens is 234 g/mol. The first-order valence-corrected chi connectivity index (χ1v) is 7.23. The largest absolute Gasteiger partial charge is 0.329 e. The van der Waals surface area contributed by atoms with E-state index >= 15 is 0 Å². The lowest BCUT2D eigenvalue weighted by Crippen LogP contribution is -2.54. The van der Waals surface area contributed by atoms with Crippen LogP contribution in [0.4, 0.5) is 0 Å². The van der Waals surface area contributed by atoms with Crippen molar-refractivity contribution >= 4 is 0 Å². The van der Waals surface area contributed by atoms with Crippen LogP contribution in [0.1, 0.15) is 18.9 Å². The lowest BCUT2D eigenvalue weighted by Gasteiger charge is -2.38. The first kappa shape index (κ1) is 14.5. The van der Waals surface area contributed by atoms with E-state index < -0.39 is 0 Å². The summed E-state index contributed by atoms with van der Waals surface area (Å²) >= 11 is 0. The molecule has 0 aromatic heterocycles. The molecule has 0 amide bonds. The second kappa shape index (κ2) is 6.04. The van der Waals surface area contributed by atoms with Crippen LogP contribution in [0.25, 0.3) is 0 Å². The Morgan fingerprint density at radius 1 is 1.37 bits per heavy atom. The third kappa shape index (κ3) is 3.16. The number of likely N-dealkylation sites (tertiary alicyclic amines) is 1. The van der Waals surface area contributed by atoms with Crippen LogP contribution in [0, 0.1) is 0 Å². The van der Waals surface area contributed by atoms with Crippen molar-refractivity contribution in [2.24, 2.45) is 5.73 Å². The van der Waals surface area contributed by atoms with E-state index in [1.165, 1.54) is 12.0 Å². The zero-order valence-electron chi connectivity index (χ0n) is 12.5. The molecule has 0 radical (unpaired) electrons. The van der Waals surface area contributed by atoms with Gasteiger partial charge in [-0.3, -0.25) is 4.90 Å². The Hall–Kier alpha value is -0.900. The first-order chi connectivity index (χ1) is 9.07. The van der Waals surface area contributed by atoms with E-state index in [4.69, 9.17) is 5.73 Å². The van der Waals surface area contributed by atoms with Crippen LogP contribution < -0.4 is 5.73 Å². The standard InChI is InChI=1S/C16H27N3/c1-14-11-16(12-17,13-18(14)2)19(3)10-9-15-7-5-4-6-8-15/h4-8,14H,9-13,17H2,1-3H3. The average Bonchev–Trinajstić information content (AvgIpc) is 2.74. The van der Waals surface area contributed by atoms with Crippen LogP contribution in [-0.2, 0) is 6.42 Å². The van der Waals surface area contributed by atoms with Crippen molar-refractivity contribution in [3.8, 4) is 0 Å². The van der Waals surface area contributed by atoms with Crippen LogP contribution in [0.15, 0.2) is 30.3 Å². The maximum atomic E-state index is 6.09. The van der Waals surface area contributed by atoms with E-state index in [1.807, 2.05) is 0 Å². The Labute approximate surface area is 117 Å². The van der Waals surface area contributed by atoms with E-state index in [0.717, 1.165) is 26.1 Å². The zero-order valence-corrected chi connectivity index (χ0v) is 12.5. The molecule has 1 aromatic carbocycles. The molecule has 0 bridgehead atoms. The van der Waals surface area contributed by atoms with Gasteiger partial charge in [-0.2, -0.15) is 0 Å². The number of rotatable bonds is 5. The summed E-state index contributed by atoms with van der Waals surface area (Å²) in [6.07, 6.45) is 2.27. The molecule has 3 nitrogen and oxygen atoms in total. The van der Waals surface area contributed by atoms with Crippen molar-refractivity contribution in [1.29, 1.82) is 0 Å². The number of hydrogen-bond donors (Lipinski definition) is 1. The first-order valence-electron chi connectivity index (χ1n) is 7.23. The second-order valence-corrected chi connectivity index (χ2v) is 6.05. The van der Waals surface area contributed by atoms with Crippen molar-refractivity contribution in [3.05, 3.63) is 35.9 Å². The lowest BCUT2D eigenvalue weighted by molar-refractivity contribution is 0.135. The molecule has 1 saturated heterocycles. The van der Waals surface area contributed by atoms with Gasteiger partial charge in [-0.1, -0.05) is 30.3 Å². The number of nitrogens with zero attached hydrogens (tertiary/aromatic N) is 2. The molecule has 1 aliphatic heterocycles. The smallest absolute Gasteiger partial charge is 0.0470 e. The minimum atomic E-state index is 0.156. The fourth-order valence-corrected chi connectivity index (χ4v) is 3.15. The predicted molar refractivity (Wildman–Crippen MR) is 81.3 cm³/mol. The summed E-state index contributed by atoms with van der Waals surface area (Å²) in [5, 5.41) is 0. The van der Waals surface area contributed by atoms with Gasteiger partial charge in [0.25, 0.3) is 0 Å². The summed E-state index contributed by atoms with van der Waals surface area (Å²) in [4.78, 5) is 4.89. The SMILES string of the molecule is CC1CC(CN)(N(C)CCc2ccccc2)CN1C. The van der Waals surface area contributed by atoms with E-state index in [1.54, 1.807) is 0 Å². The van der Waals surface area contributed by atoms with Gasteiger partial charge in [0, 0.05) is 31.2 Å². The molecular formula is C16H27N3. The maximum absolute atomic E-state index is 6.09. The summed E-state index contributed by atoms with van der Waals surface area (Å²) in [5.74, 6) is 0. The van der Waals surface area contributed by atoms with Gasteiger partial charge in [-0.25, -0.2) is 0 Å². The Balaban J connectivity index is 1.96. The molecule has 2 rings (SSSR count). The van der Waals surface area contributed by atoms with Gasteiger partial charge in [-0.05, 0) is 39.4 Å². The van der Waals surface area contributed by atoms with Crippen LogP contribution in [0.2, 0.25) is 0 Å². The van der Waals surface area contributed by atoms with Crippen molar-refractivity contribution < 1.29 is 0 Å². The Morgan fingerprint density at radius 3 is 2.58 bits per heavy atom. The molecule has 3 heteroatoms. The summed E-state index contributed by atoms with van der Waals surface area (Å²) in [5.41, 5.74) is 7.65. The van der Waals surface area contributed by atoms with Gasteiger partial charge < -0.3 is 10.6 Å². The van der Waals surface area contributed by atoms with E-state index in [-0.39, 0.29) is 5.54 Å². The highest BCUT2D eigenvalue weighted by Gasteiger charge is 2.42. The molecule has 1 aromatic rings. The summed E-state index contributed by atoms with van der Waals surface area (Å²) in [7, 11) is 4.43. The fourth-order valence-electron chi connectivity index (χ4n) is 3.15. The van der Waals surface area contributed by atoms with Gasteiger partial charge in [0.15, 0.2) is 0 Å². The lowest BCUT2D eigenvalue weighted by atomic mass is 9.94. The van der Waals surface area contributed by atoms with Gasteiger partial charge in [0.1, 0.15) is 0 Å². The fraction of sp³-hybridized carbons (Fsp3) is 0.625. The summed E-state index contributed by atoms with van der Waals surface area (Å²) in [6, 6.07) is 11.3. The third-order valence-electron chi connectivity index (χ3n) is 4.74. The Bertz CT molecular complexity index is 380. The second-order valence-electron chi connectivity index (χ2n) is 6.05. The van der Waals surface area contributed by atoms with E-state index in [2.05, 4.69) is 61.2 Å². The van der Waals surface area contributed by atoms with Crippen molar-refractivity contribution in [3.63, 3.8) is 0 Å². The van der Waals surface area contributed by atoms with Crippen LogP contribution in [0.5, 0.6) is 0 Å². The van der Waals surface area contributed by atoms with Crippen LogP contribution >= 0.6 is 0 Å². The van der Waals surface area contributed by atoms with Gasteiger partial charge >= 0.3 is 0 Å². The topological polar surface area (TPSA) is 32.5 Å². The molecule has 1 aliphatic rings. The van der Waals surface area contributed by atoms with Crippen molar-refractivity contribution in [1.82, 2.24) is 9.80 Å². The molecule has 19 heavy (non-hydrogen) atoms. The molecule has 0 spiro atoms. The highest BCUT2D eigenvalue weighted by Crippen LogP contribution is 2.29. The van der Waals surface area contributed by atoms with Gasteiger partial charge in [0.2, 0.25) is 0 Å². The molecule has 2 N–H and O–H groups in total. The molecule has 106 valence electrons. The molecule has 2 atom stereocenters. The quantitative estimate of drug-likeness (QED) is 0.873. The number of likely N-dealkylation sites (N-methyl/N-ethyl adjacent to an activating group) is 2. The highest BCUT2D eigenvalue weighted by atomic mass is 15.3. The summed E-state index contributed by atoms with van der Waals surface area (Å²) < 4.78 is 0.